The Morgan fingerprint density at radius 1 is 1.24 bits per heavy atom. The minimum absolute atomic E-state index is 0.835. The van der Waals surface area contributed by atoms with Crippen molar-refractivity contribution < 1.29 is 0 Å². The molecule has 1 heterocycles. The first-order valence-corrected chi connectivity index (χ1v) is 7.11. The van der Waals surface area contributed by atoms with Crippen molar-refractivity contribution in [2.75, 3.05) is 5.32 Å². The molecule has 0 bridgehead atoms. The van der Waals surface area contributed by atoms with Crippen LogP contribution >= 0.6 is 31.9 Å². The molecule has 0 saturated carbocycles. The van der Waals surface area contributed by atoms with Crippen molar-refractivity contribution in [3.8, 4) is 0 Å². The van der Waals surface area contributed by atoms with Crippen molar-refractivity contribution in [1.29, 1.82) is 0 Å². The van der Waals surface area contributed by atoms with E-state index in [-0.39, 0.29) is 0 Å². The fraction of sp³-hybridized carbons (Fsp3) is 0.231. The van der Waals surface area contributed by atoms with Crippen molar-refractivity contribution in [3.63, 3.8) is 0 Å². The van der Waals surface area contributed by atoms with Gasteiger partial charge in [-0.15, -0.1) is 0 Å². The summed E-state index contributed by atoms with van der Waals surface area (Å²) in [7, 11) is 0. The number of rotatable bonds is 4. The van der Waals surface area contributed by atoms with E-state index in [1.165, 1.54) is 5.56 Å². The second-order valence-corrected chi connectivity index (χ2v) is 5.60. The predicted octanol–water partition coefficient (Wildman–Crippen LogP) is 4.65. The molecule has 1 N–H and O–H groups in total. The maximum atomic E-state index is 3.53. The van der Waals surface area contributed by atoms with E-state index in [9.17, 15) is 0 Å². The Balaban J connectivity index is 2.04. The quantitative estimate of drug-likeness (QED) is 0.842. The van der Waals surface area contributed by atoms with E-state index in [4.69, 9.17) is 0 Å². The van der Waals surface area contributed by atoms with Gasteiger partial charge in [-0.05, 0) is 52.7 Å². The number of hydrogen-bond acceptors (Lipinski definition) is 1. The Morgan fingerprint density at radius 2 is 2.06 bits per heavy atom. The van der Waals surface area contributed by atoms with Gasteiger partial charge in [0.1, 0.15) is 0 Å². The summed E-state index contributed by atoms with van der Waals surface area (Å²) < 4.78 is 4.33. The van der Waals surface area contributed by atoms with E-state index < -0.39 is 0 Å². The third-order valence-corrected chi connectivity index (χ3v) is 3.77. The van der Waals surface area contributed by atoms with Gasteiger partial charge in [-0.3, -0.25) is 0 Å². The van der Waals surface area contributed by atoms with Gasteiger partial charge < -0.3 is 9.88 Å². The van der Waals surface area contributed by atoms with E-state index in [1.807, 2.05) is 12.1 Å². The van der Waals surface area contributed by atoms with Crippen LogP contribution in [0.15, 0.2) is 45.6 Å². The van der Waals surface area contributed by atoms with Crippen LogP contribution in [0.3, 0.4) is 0 Å². The summed E-state index contributed by atoms with van der Waals surface area (Å²) in [5.41, 5.74) is 2.39. The molecule has 0 unspecified atom stereocenters. The molecule has 2 aromatic rings. The molecule has 0 amide bonds. The molecule has 17 heavy (non-hydrogen) atoms. The van der Waals surface area contributed by atoms with Crippen LogP contribution in [0.1, 0.15) is 12.5 Å². The van der Waals surface area contributed by atoms with Crippen LogP contribution in [0.5, 0.6) is 0 Å². The van der Waals surface area contributed by atoms with Gasteiger partial charge in [-0.2, -0.15) is 0 Å². The number of hydrogen-bond donors (Lipinski definition) is 1. The van der Waals surface area contributed by atoms with Gasteiger partial charge in [-0.25, -0.2) is 0 Å². The lowest BCUT2D eigenvalue weighted by Crippen LogP contribution is -1.99. The number of benzene rings is 1. The highest BCUT2D eigenvalue weighted by molar-refractivity contribution is 9.11. The van der Waals surface area contributed by atoms with E-state index in [0.29, 0.717) is 0 Å². The van der Waals surface area contributed by atoms with Crippen molar-refractivity contribution in [3.05, 3.63) is 51.2 Å². The number of nitrogens with one attached hydrogen (secondary N) is 1. The lowest BCUT2D eigenvalue weighted by atomic mass is 10.3. The van der Waals surface area contributed by atoms with Crippen LogP contribution in [-0.4, -0.2) is 4.57 Å². The zero-order valence-corrected chi connectivity index (χ0v) is 12.8. The first-order valence-electron chi connectivity index (χ1n) is 5.52. The highest BCUT2D eigenvalue weighted by Gasteiger charge is 2.01. The Labute approximate surface area is 118 Å². The van der Waals surface area contributed by atoms with Gasteiger partial charge in [-0.1, -0.05) is 15.9 Å². The maximum absolute atomic E-state index is 3.53. The molecule has 0 aliphatic rings. The minimum Gasteiger partial charge on any atom is -0.380 e. The van der Waals surface area contributed by atoms with Gasteiger partial charge in [0.25, 0.3) is 0 Å². The van der Waals surface area contributed by atoms with Crippen molar-refractivity contribution in [2.45, 2.75) is 20.0 Å². The molecule has 1 aromatic heterocycles. The summed E-state index contributed by atoms with van der Waals surface area (Å²) >= 11 is 7.01. The van der Waals surface area contributed by atoms with Crippen LogP contribution in [0, 0.1) is 0 Å². The molecule has 2 nitrogen and oxygen atoms in total. The summed E-state index contributed by atoms with van der Waals surface area (Å²) in [5, 5.41) is 3.42. The van der Waals surface area contributed by atoms with Gasteiger partial charge in [0.2, 0.25) is 0 Å². The fourth-order valence-electron chi connectivity index (χ4n) is 1.62. The van der Waals surface area contributed by atoms with Crippen LogP contribution in [0.2, 0.25) is 0 Å². The second kappa shape index (κ2) is 5.74. The number of nitrogens with zero attached hydrogens (tertiary/aromatic N) is 1. The molecule has 0 radical (unpaired) electrons. The number of aromatic nitrogens is 1. The average molecular weight is 358 g/mol. The van der Waals surface area contributed by atoms with Gasteiger partial charge in [0.05, 0.1) is 0 Å². The van der Waals surface area contributed by atoms with Crippen LogP contribution in [-0.2, 0) is 13.1 Å². The normalized spacial score (nSPS) is 10.5. The van der Waals surface area contributed by atoms with Gasteiger partial charge >= 0.3 is 0 Å². The Hall–Kier alpha value is -0.740. The molecular weight excluding hydrogens is 344 g/mol. The summed E-state index contributed by atoms with van der Waals surface area (Å²) in [5.74, 6) is 0. The standard InChI is InChI=1S/C13H14Br2N2/c1-2-17-6-5-10(9-17)8-16-13-7-11(14)3-4-12(13)15/h3-7,9,16H,2,8H2,1H3. The summed E-state index contributed by atoms with van der Waals surface area (Å²) in [4.78, 5) is 0. The molecule has 2 rings (SSSR count). The monoisotopic (exact) mass is 356 g/mol. The summed E-state index contributed by atoms with van der Waals surface area (Å²) in [6, 6.07) is 8.26. The SMILES string of the molecule is CCn1ccc(CNc2cc(Br)ccc2Br)c1. The molecule has 1 aromatic carbocycles. The van der Waals surface area contributed by atoms with Crippen LogP contribution in [0.25, 0.3) is 0 Å². The largest absolute Gasteiger partial charge is 0.380 e. The smallest absolute Gasteiger partial charge is 0.0498 e. The average Bonchev–Trinajstić information content (AvgIpc) is 2.78. The lowest BCUT2D eigenvalue weighted by molar-refractivity contribution is 0.766. The molecule has 4 heteroatoms. The van der Waals surface area contributed by atoms with E-state index >= 15 is 0 Å². The molecular formula is C13H14Br2N2. The van der Waals surface area contributed by atoms with E-state index in [2.05, 4.69) is 73.2 Å². The Kier molecular flexibility index (Phi) is 4.29. The molecule has 0 atom stereocenters. The van der Waals surface area contributed by atoms with Crippen LogP contribution in [0.4, 0.5) is 5.69 Å². The zero-order chi connectivity index (χ0) is 12.3. The number of halogens is 2. The van der Waals surface area contributed by atoms with E-state index in [0.717, 1.165) is 27.7 Å². The fourth-order valence-corrected chi connectivity index (χ4v) is 2.37. The molecule has 0 aliphatic carbocycles. The third-order valence-electron chi connectivity index (χ3n) is 2.59. The van der Waals surface area contributed by atoms with Crippen molar-refractivity contribution in [1.82, 2.24) is 4.57 Å². The van der Waals surface area contributed by atoms with Gasteiger partial charge in [0, 0.05) is 40.1 Å². The molecule has 0 fully saturated rings. The first-order chi connectivity index (χ1) is 8.19. The Morgan fingerprint density at radius 3 is 2.76 bits per heavy atom. The summed E-state index contributed by atoms with van der Waals surface area (Å²) in [6.45, 7) is 3.99. The van der Waals surface area contributed by atoms with Crippen LogP contribution < -0.4 is 5.32 Å². The second-order valence-electron chi connectivity index (χ2n) is 3.83. The molecule has 90 valence electrons. The lowest BCUT2D eigenvalue weighted by Gasteiger charge is -2.08. The molecule has 0 aliphatic heterocycles. The van der Waals surface area contributed by atoms with Gasteiger partial charge in [0.15, 0.2) is 0 Å². The number of aryl methyl sites for hydroxylation is 1. The topological polar surface area (TPSA) is 17.0 Å². The number of anilines is 1. The highest BCUT2D eigenvalue weighted by Crippen LogP contribution is 2.26. The molecule has 0 saturated heterocycles. The van der Waals surface area contributed by atoms with Crippen molar-refractivity contribution in [2.24, 2.45) is 0 Å². The van der Waals surface area contributed by atoms with Crippen molar-refractivity contribution >= 4 is 37.5 Å². The third kappa shape index (κ3) is 3.36. The highest BCUT2D eigenvalue weighted by atomic mass is 79.9. The minimum atomic E-state index is 0.835. The predicted molar refractivity (Wildman–Crippen MR) is 79.3 cm³/mol. The maximum Gasteiger partial charge on any atom is 0.0498 e. The van der Waals surface area contributed by atoms with E-state index in [1.54, 1.807) is 0 Å². The zero-order valence-electron chi connectivity index (χ0n) is 9.58. The summed E-state index contributed by atoms with van der Waals surface area (Å²) in [6.07, 6.45) is 4.27. The Bertz CT molecular complexity index is 506. The first kappa shape index (κ1) is 12.7. The molecule has 0 spiro atoms.